The first kappa shape index (κ1) is 16.3. The Morgan fingerprint density at radius 3 is 2.04 bits per heavy atom. The molecule has 0 saturated heterocycles. The number of halogens is 2. The van der Waals surface area contributed by atoms with Gasteiger partial charge in [0.2, 0.25) is 5.91 Å². The summed E-state index contributed by atoms with van der Waals surface area (Å²) in [6.45, 7) is -0.144. The van der Waals surface area contributed by atoms with Crippen molar-refractivity contribution in [3.05, 3.63) is 71.3 Å². The molecule has 0 heterocycles. The number of benzene rings is 2. The van der Waals surface area contributed by atoms with Gasteiger partial charge in [0.05, 0.1) is 12.5 Å². The van der Waals surface area contributed by atoms with Gasteiger partial charge in [-0.2, -0.15) is 0 Å². The quantitative estimate of drug-likeness (QED) is 0.825. The molecule has 1 saturated carbocycles. The molecule has 0 spiro atoms. The van der Waals surface area contributed by atoms with E-state index in [0.717, 1.165) is 18.4 Å². The lowest BCUT2D eigenvalue weighted by Gasteiger charge is -2.16. The molecule has 1 unspecified atom stereocenters. The van der Waals surface area contributed by atoms with Crippen molar-refractivity contribution in [2.75, 3.05) is 6.54 Å². The summed E-state index contributed by atoms with van der Waals surface area (Å²) < 4.78 is 25.9. The molecule has 2 aromatic carbocycles. The smallest absolute Gasteiger partial charge is 0.228 e. The van der Waals surface area contributed by atoms with Crippen molar-refractivity contribution in [2.45, 2.75) is 18.8 Å². The molecule has 0 bridgehead atoms. The van der Waals surface area contributed by atoms with E-state index < -0.39 is 5.82 Å². The van der Waals surface area contributed by atoms with Crippen LogP contribution in [-0.4, -0.2) is 18.2 Å². The van der Waals surface area contributed by atoms with Crippen molar-refractivity contribution in [2.24, 2.45) is 5.92 Å². The van der Waals surface area contributed by atoms with Gasteiger partial charge in [-0.05, 0) is 60.7 Å². The van der Waals surface area contributed by atoms with Crippen LogP contribution in [0.4, 0.5) is 8.78 Å². The number of Topliss-reactive ketones (excluding diaryl/α,β-unsaturated/α-hetero) is 1. The maximum atomic E-state index is 13.1. The van der Waals surface area contributed by atoms with E-state index in [1.165, 1.54) is 36.4 Å². The minimum Gasteiger partial charge on any atom is -0.348 e. The van der Waals surface area contributed by atoms with Crippen LogP contribution in [0.5, 0.6) is 0 Å². The van der Waals surface area contributed by atoms with E-state index in [0.29, 0.717) is 5.56 Å². The highest BCUT2D eigenvalue weighted by Crippen LogP contribution is 2.42. The number of hydrogen-bond donors (Lipinski definition) is 1. The summed E-state index contributed by atoms with van der Waals surface area (Å²) in [5.74, 6) is -1.42. The van der Waals surface area contributed by atoms with Crippen LogP contribution in [0.1, 0.15) is 34.7 Å². The number of hydrogen-bond acceptors (Lipinski definition) is 2. The Labute approximate surface area is 138 Å². The molecule has 124 valence electrons. The molecule has 1 aliphatic rings. The first-order chi connectivity index (χ1) is 11.5. The van der Waals surface area contributed by atoms with E-state index in [9.17, 15) is 18.4 Å². The predicted octanol–water partition coefficient (Wildman–Crippen LogP) is 3.46. The highest BCUT2D eigenvalue weighted by molar-refractivity contribution is 5.99. The highest BCUT2D eigenvalue weighted by atomic mass is 19.1. The summed E-state index contributed by atoms with van der Waals surface area (Å²) in [4.78, 5) is 24.5. The second-order valence-electron chi connectivity index (χ2n) is 6.01. The summed E-state index contributed by atoms with van der Waals surface area (Å²) in [7, 11) is 0. The molecule has 5 heteroatoms. The Morgan fingerprint density at radius 2 is 1.50 bits per heavy atom. The first-order valence-electron chi connectivity index (χ1n) is 7.86. The molecular weight excluding hydrogens is 312 g/mol. The van der Waals surface area contributed by atoms with Crippen LogP contribution in [0.3, 0.4) is 0 Å². The molecule has 1 N–H and O–H groups in total. The van der Waals surface area contributed by atoms with Crippen molar-refractivity contribution in [3.63, 3.8) is 0 Å². The minimum absolute atomic E-state index is 0.144. The fraction of sp³-hybridized carbons (Fsp3) is 0.263. The molecule has 0 aliphatic heterocycles. The maximum absolute atomic E-state index is 13.1. The average Bonchev–Trinajstić information content (AvgIpc) is 3.40. The maximum Gasteiger partial charge on any atom is 0.228 e. The van der Waals surface area contributed by atoms with E-state index in [-0.39, 0.29) is 35.9 Å². The zero-order valence-corrected chi connectivity index (χ0v) is 13.0. The molecule has 24 heavy (non-hydrogen) atoms. The third kappa shape index (κ3) is 3.85. The van der Waals surface area contributed by atoms with Gasteiger partial charge in [-0.3, -0.25) is 9.59 Å². The van der Waals surface area contributed by atoms with E-state index in [2.05, 4.69) is 5.32 Å². The van der Waals surface area contributed by atoms with Crippen LogP contribution in [0.25, 0.3) is 0 Å². The molecule has 1 fully saturated rings. The second kappa shape index (κ2) is 6.91. The molecule has 0 radical (unpaired) electrons. The lowest BCUT2D eigenvalue weighted by atomic mass is 9.93. The van der Waals surface area contributed by atoms with Crippen LogP contribution in [0, 0.1) is 17.6 Å². The molecule has 1 amide bonds. The average molecular weight is 329 g/mol. The van der Waals surface area contributed by atoms with Crippen LogP contribution < -0.4 is 5.32 Å². The monoisotopic (exact) mass is 329 g/mol. The van der Waals surface area contributed by atoms with E-state index in [4.69, 9.17) is 0 Å². The Kier molecular flexibility index (Phi) is 4.69. The minimum atomic E-state index is -0.416. The number of ketones is 1. The third-order valence-corrected chi connectivity index (χ3v) is 4.19. The fourth-order valence-electron chi connectivity index (χ4n) is 2.75. The van der Waals surface area contributed by atoms with Gasteiger partial charge in [0.1, 0.15) is 11.6 Å². The Bertz CT molecular complexity index is 737. The Morgan fingerprint density at radius 1 is 0.958 bits per heavy atom. The summed E-state index contributed by atoms with van der Waals surface area (Å²) >= 11 is 0. The van der Waals surface area contributed by atoms with E-state index >= 15 is 0 Å². The lowest BCUT2D eigenvalue weighted by Crippen LogP contribution is -2.34. The summed E-state index contributed by atoms with van der Waals surface area (Å²) in [6, 6.07) is 11.1. The predicted molar refractivity (Wildman–Crippen MR) is 85.6 cm³/mol. The fourth-order valence-corrected chi connectivity index (χ4v) is 2.75. The van der Waals surface area contributed by atoms with Gasteiger partial charge < -0.3 is 5.32 Å². The molecule has 0 aromatic heterocycles. The largest absolute Gasteiger partial charge is 0.348 e. The van der Waals surface area contributed by atoms with Crippen molar-refractivity contribution in [1.82, 2.24) is 5.32 Å². The Hall–Kier alpha value is -2.56. The van der Waals surface area contributed by atoms with Crippen molar-refractivity contribution in [1.29, 1.82) is 0 Å². The Balaban J connectivity index is 1.65. The van der Waals surface area contributed by atoms with Gasteiger partial charge in [0.15, 0.2) is 5.78 Å². The second-order valence-corrected chi connectivity index (χ2v) is 6.01. The van der Waals surface area contributed by atoms with Crippen LogP contribution in [0.2, 0.25) is 0 Å². The number of amides is 1. The number of carbonyl (C=O) groups excluding carboxylic acids is 2. The van der Waals surface area contributed by atoms with Gasteiger partial charge in [0, 0.05) is 5.56 Å². The molecule has 3 rings (SSSR count). The third-order valence-electron chi connectivity index (χ3n) is 4.19. The number of rotatable bonds is 6. The highest BCUT2D eigenvalue weighted by Gasteiger charge is 2.37. The molecular formula is C19H17F2NO2. The van der Waals surface area contributed by atoms with Gasteiger partial charge in [-0.1, -0.05) is 12.1 Å². The molecule has 1 atom stereocenters. The van der Waals surface area contributed by atoms with Gasteiger partial charge in [0.25, 0.3) is 0 Å². The van der Waals surface area contributed by atoms with E-state index in [1.54, 1.807) is 12.1 Å². The molecule has 3 nitrogen and oxygen atoms in total. The zero-order valence-electron chi connectivity index (χ0n) is 13.0. The SMILES string of the molecule is O=C(CNC(=O)C(c1ccc(F)cc1)C1CC1)c1ccc(F)cc1. The number of nitrogens with one attached hydrogen (secondary N) is 1. The summed E-state index contributed by atoms with van der Waals surface area (Å²) in [5, 5.41) is 2.65. The van der Waals surface area contributed by atoms with Crippen molar-refractivity contribution >= 4 is 11.7 Å². The molecule has 1 aliphatic carbocycles. The van der Waals surface area contributed by atoms with Gasteiger partial charge in [-0.15, -0.1) is 0 Å². The topological polar surface area (TPSA) is 46.2 Å². The lowest BCUT2D eigenvalue weighted by molar-refractivity contribution is -0.122. The standard InChI is InChI=1S/C19H17F2NO2/c20-15-7-3-12(4-8-15)17(23)11-22-19(24)18(13-1-2-13)14-5-9-16(21)10-6-14/h3-10,13,18H,1-2,11H2,(H,22,24). The van der Waals surface area contributed by atoms with Gasteiger partial charge in [-0.25, -0.2) is 8.78 Å². The van der Waals surface area contributed by atoms with Crippen molar-refractivity contribution in [3.8, 4) is 0 Å². The molecule has 2 aromatic rings. The van der Waals surface area contributed by atoms with Crippen LogP contribution in [-0.2, 0) is 4.79 Å². The summed E-state index contributed by atoms with van der Waals surface area (Å²) in [5.41, 5.74) is 1.10. The van der Waals surface area contributed by atoms with Crippen molar-refractivity contribution < 1.29 is 18.4 Å². The van der Waals surface area contributed by atoms with Gasteiger partial charge >= 0.3 is 0 Å². The normalized spacial score (nSPS) is 14.9. The number of carbonyl (C=O) groups is 2. The zero-order chi connectivity index (χ0) is 17.1. The van der Waals surface area contributed by atoms with Crippen LogP contribution >= 0.6 is 0 Å². The summed E-state index contributed by atoms with van der Waals surface area (Å²) in [6.07, 6.45) is 1.89. The van der Waals surface area contributed by atoms with Crippen LogP contribution in [0.15, 0.2) is 48.5 Å². The van der Waals surface area contributed by atoms with E-state index in [1.807, 2.05) is 0 Å². The first-order valence-corrected chi connectivity index (χ1v) is 7.86.